The molecular weight excluding hydrogens is 320 g/mol. The largest absolute Gasteiger partial charge is 0.350 e. The predicted molar refractivity (Wildman–Crippen MR) is 100 cm³/mol. The van der Waals surface area contributed by atoms with E-state index in [1.54, 1.807) is 9.25 Å². The van der Waals surface area contributed by atoms with Crippen molar-refractivity contribution in [1.82, 2.24) is 19.7 Å². The van der Waals surface area contributed by atoms with Gasteiger partial charge in [-0.25, -0.2) is 14.0 Å². The highest BCUT2D eigenvalue weighted by Crippen LogP contribution is 2.23. The van der Waals surface area contributed by atoms with Crippen LogP contribution in [0.4, 0.5) is 0 Å². The topological polar surface area (TPSA) is 51.9 Å². The van der Waals surface area contributed by atoms with Gasteiger partial charge in [-0.15, -0.1) is 0 Å². The summed E-state index contributed by atoms with van der Waals surface area (Å²) in [6.07, 6.45) is 2.21. The minimum absolute atomic E-state index is 0.0221. The molecule has 1 N–H and O–H groups in total. The monoisotopic (exact) mass is 346 g/mol. The highest BCUT2D eigenvalue weighted by Gasteiger charge is 2.24. The normalized spacial score (nSPS) is 18.2. The Balaban J connectivity index is 1.94. The van der Waals surface area contributed by atoms with Crippen molar-refractivity contribution in [2.24, 2.45) is 0 Å². The summed E-state index contributed by atoms with van der Waals surface area (Å²) in [6.45, 7) is 6.96. The maximum Gasteiger partial charge on any atom is 0.350 e. The maximum absolute atomic E-state index is 12.9. The van der Waals surface area contributed by atoms with Gasteiger partial charge in [0.2, 0.25) is 0 Å². The quantitative estimate of drug-likeness (QED) is 0.874. The lowest BCUT2D eigenvalue weighted by Crippen LogP contribution is -2.31. The summed E-state index contributed by atoms with van der Waals surface area (Å²) in [4.78, 5) is 12.9. The van der Waals surface area contributed by atoms with E-state index in [1.807, 2.05) is 42.1 Å². The Morgan fingerprint density at radius 2 is 2.12 bits per heavy atom. The summed E-state index contributed by atoms with van der Waals surface area (Å²) in [5.74, 6) is 2.10. The lowest BCUT2D eigenvalue weighted by molar-refractivity contribution is 0.439. The average Bonchev–Trinajstić information content (AvgIpc) is 2.93. The van der Waals surface area contributed by atoms with Crippen LogP contribution in [-0.2, 0) is 6.54 Å². The van der Waals surface area contributed by atoms with Crippen LogP contribution in [-0.4, -0.2) is 38.4 Å². The van der Waals surface area contributed by atoms with Gasteiger partial charge in [0.05, 0.1) is 12.2 Å². The zero-order chi connectivity index (χ0) is 16.9. The van der Waals surface area contributed by atoms with Gasteiger partial charge >= 0.3 is 5.69 Å². The Labute approximate surface area is 147 Å². The van der Waals surface area contributed by atoms with Crippen molar-refractivity contribution in [3.05, 3.63) is 46.6 Å². The molecule has 24 heavy (non-hydrogen) atoms. The van der Waals surface area contributed by atoms with Gasteiger partial charge in [0.25, 0.3) is 0 Å². The van der Waals surface area contributed by atoms with Gasteiger partial charge in [-0.3, -0.25) is 0 Å². The summed E-state index contributed by atoms with van der Waals surface area (Å²) in [7, 11) is 0. The van der Waals surface area contributed by atoms with Crippen molar-refractivity contribution in [2.75, 3.05) is 18.8 Å². The van der Waals surface area contributed by atoms with E-state index in [2.05, 4.69) is 19.2 Å². The molecule has 0 bridgehead atoms. The molecule has 0 unspecified atom stereocenters. The first-order valence-electron chi connectivity index (χ1n) is 8.74. The average molecular weight is 347 g/mol. The first-order chi connectivity index (χ1) is 11.7. The standard InChI is InChI=1S/C18H26N4OS/c1-14(2)24-12-11-21-18(23)22(16-8-4-3-5-9-16)17(20-21)15-7-6-10-19-13-15/h3-5,8-9,14-15,19H,6-7,10-13H2,1-2H3/t15-/m0/s1. The van der Waals surface area contributed by atoms with Crippen LogP contribution in [0.25, 0.3) is 5.69 Å². The molecule has 2 heterocycles. The van der Waals surface area contributed by atoms with Crippen molar-refractivity contribution < 1.29 is 0 Å². The number of rotatable bonds is 6. The molecule has 5 nitrogen and oxygen atoms in total. The van der Waals surface area contributed by atoms with E-state index in [0.717, 1.165) is 43.2 Å². The Morgan fingerprint density at radius 1 is 1.33 bits per heavy atom. The maximum atomic E-state index is 12.9. The Kier molecular flexibility index (Phi) is 5.79. The van der Waals surface area contributed by atoms with E-state index in [4.69, 9.17) is 5.10 Å². The number of aromatic nitrogens is 3. The third-order valence-corrected chi connectivity index (χ3v) is 5.38. The molecule has 130 valence electrons. The number of aryl methyl sites for hydroxylation is 1. The van der Waals surface area contributed by atoms with Gasteiger partial charge < -0.3 is 5.32 Å². The second kappa shape index (κ2) is 8.03. The van der Waals surface area contributed by atoms with E-state index >= 15 is 0 Å². The number of nitrogens with one attached hydrogen (secondary N) is 1. The van der Waals surface area contributed by atoms with Crippen LogP contribution in [0.5, 0.6) is 0 Å². The van der Waals surface area contributed by atoms with Crippen molar-refractivity contribution in [1.29, 1.82) is 0 Å². The van der Waals surface area contributed by atoms with Crippen LogP contribution in [0.1, 0.15) is 38.4 Å². The predicted octanol–water partition coefficient (Wildman–Crippen LogP) is 2.64. The summed E-state index contributed by atoms with van der Waals surface area (Å²) < 4.78 is 3.45. The number of para-hydroxylation sites is 1. The summed E-state index contributed by atoms with van der Waals surface area (Å²) in [5.41, 5.74) is 0.886. The van der Waals surface area contributed by atoms with E-state index in [1.165, 1.54) is 0 Å². The Bertz CT molecular complexity index is 702. The molecule has 3 rings (SSSR count). The molecule has 0 saturated carbocycles. The summed E-state index contributed by atoms with van der Waals surface area (Å²) >= 11 is 1.86. The number of benzene rings is 1. The molecule has 6 heteroatoms. The number of hydrogen-bond donors (Lipinski definition) is 1. The molecule has 0 aliphatic carbocycles. The summed E-state index contributed by atoms with van der Waals surface area (Å²) in [6, 6.07) is 9.87. The van der Waals surface area contributed by atoms with Gasteiger partial charge in [0, 0.05) is 18.2 Å². The molecule has 1 aromatic carbocycles. The van der Waals surface area contributed by atoms with Crippen molar-refractivity contribution in [3.63, 3.8) is 0 Å². The lowest BCUT2D eigenvalue weighted by Gasteiger charge is -2.22. The van der Waals surface area contributed by atoms with Gasteiger partial charge in [-0.2, -0.15) is 16.9 Å². The number of nitrogens with zero attached hydrogens (tertiary/aromatic N) is 3. The third-order valence-electron chi connectivity index (χ3n) is 4.30. The molecule has 1 aliphatic rings. The Hall–Kier alpha value is -1.53. The van der Waals surface area contributed by atoms with Gasteiger partial charge in [-0.1, -0.05) is 32.0 Å². The zero-order valence-electron chi connectivity index (χ0n) is 14.4. The molecule has 1 saturated heterocycles. The second-order valence-electron chi connectivity index (χ2n) is 6.50. The fourth-order valence-corrected chi connectivity index (χ4v) is 3.85. The summed E-state index contributed by atoms with van der Waals surface area (Å²) in [5, 5.41) is 8.72. The fraction of sp³-hybridized carbons (Fsp3) is 0.556. The van der Waals surface area contributed by atoms with Crippen LogP contribution >= 0.6 is 11.8 Å². The van der Waals surface area contributed by atoms with E-state index in [9.17, 15) is 4.79 Å². The van der Waals surface area contributed by atoms with E-state index in [-0.39, 0.29) is 5.69 Å². The molecular formula is C18H26N4OS. The number of thioether (sulfide) groups is 1. The lowest BCUT2D eigenvalue weighted by atomic mass is 9.99. The van der Waals surface area contributed by atoms with Crippen LogP contribution in [0, 0.1) is 0 Å². The Morgan fingerprint density at radius 3 is 2.79 bits per heavy atom. The smallest absolute Gasteiger partial charge is 0.316 e. The minimum atomic E-state index is -0.0221. The van der Waals surface area contributed by atoms with Crippen LogP contribution in [0.3, 0.4) is 0 Å². The van der Waals surface area contributed by atoms with Crippen LogP contribution in [0.2, 0.25) is 0 Å². The number of piperidine rings is 1. The molecule has 0 amide bonds. The zero-order valence-corrected chi connectivity index (χ0v) is 15.3. The van der Waals surface area contributed by atoms with Gasteiger partial charge in [0.1, 0.15) is 5.82 Å². The molecule has 1 aromatic heterocycles. The molecule has 2 aromatic rings. The van der Waals surface area contributed by atoms with Crippen molar-refractivity contribution in [3.8, 4) is 5.69 Å². The highest BCUT2D eigenvalue weighted by atomic mass is 32.2. The van der Waals surface area contributed by atoms with Gasteiger partial charge in [0.15, 0.2) is 0 Å². The third kappa shape index (κ3) is 3.92. The molecule has 0 spiro atoms. The van der Waals surface area contributed by atoms with Gasteiger partial charge in [-0.05, 0) is 36.8 Å². The van der Waals surface area contributed by atoms with Crippen LogP contribution in [0.15, 0.2) is 35.1 Å². The first-order valence-corrected chi connectivity index (χ1v) is 9.79. The van der Waals surface area contributed by atoms with E-state index in [0.29, 0.717) is 17.7 Å². The second-order valence-corrected chi connectivity index (χ2v) is 8.18. The van der Waals surface area contributed by atoms with Crippen molar-refractivity contribution >= 4 is 11.8 Å². The van der Waals surface area contributed by atoms with Crippen molar-refractivity contribution in [2.45, 2.75) is 44.4 Å². The number of hydrogen-bond acceptors (Lipinski definition) is 4. The molecule has 1 atom stereocenters. The molecule has 1 aliphatic heterocycles. The van der Waals surface area contributed by atoms with Crippen LogP contribution < -0.4 is 11.0 Å². The van der Waals surface area contributed by atoms with E-state index < -0.39 is 0 Å². The highest BCUT2D eigenvalue weighted by molar-refractivity contribution is 7.99. The minimum Gasteiger partial charge on any atom is -0.316 e. The molecule has 1 fully saturated rings. The molecule has 0 radical (unpaired) electrons. The first kappa shape index (κ1) is 17.3. The SMILES string of the molecule is CC(C)SCCn1nc([C@H]2CCCNC2)n(-c2ccccc2)c1=O. The fourth-order valence-electron chi connectivity index (χ4n) is 3.10.